The second kappa shape index (κ2) is 8.56. The van der Waals surface area contributed by atoms with Crippen molar-refractivity contribution >= 4 is 17.8 Å². The number of likely N-dealkylation sites (tertiary alicyclic amines) is 1. The maximum Gasteiger partial charge on any atom is 0.336 e. The number of carboxylic acids is 1. The second-order valence-electron chi connectivity index (χ2n) is 6.62. The highest BCUT2D eigenvalue weighted by molar-refractivity contribution is 6.04. The summed E-state index contributed by atoms with van der Waals surface area (Å²) >= 11 is 0. The number of carbonyl (C=O) groups is 3. The average Bonchev–Trinajstić information content (AvgIpc) is 2.73. The Labute approximate surface area is 162 Å². The van der Waals surface area contributed by atoms with Gasteiger partial charge in [-0.25, -0.2) is 4.79 Å². The van der Waals surface area contributed by atoms with Crippen LogP contribution < -0.4 is 10.1 Å². The fourth-order valence-corrected chi connectivity index (χ4v) is 3.29. The summed E-state index contributed by atoms with van der Waals surface area (Å²) in [5.74, 6) is -0.981. The molecule has 0 saturated carbocycles. The molecule has 2 N–H and O–H groups in total. The van der Waals surface area contributed by atoms with Crippen LogP contribution in [-0.2, 0) is 0 Å². The van der Waals surface area contributed by atoms with Crippen molar-refractivity contribution in [3.05, 3.63) is 65.2 Å². The standard InChI is InChI=1S/C21H22N2O5/c1-28-16-6-4-5-14(13-16)19(24)22-15-9-11-23(12-10-15)20(25)17-7-2-3-8-18(17)21(26)27/h2-8,13,15H,9-12H2,1H3,(H,22,24)(H,26,27). The van der Waals surface area contributed by atoms with E-state index in [9.17, 15) is 19.5 Å². The van der Waals surface area contributed by atoms with E-state index in [2.05, 4.69) is 5.32 Å². The quantitative estimate of drug-likeness (QED) is 0.828. The Morgan fingerprint density at radius 3 is 2.36 bits per heavy atom. The van der Waals surface area contributed by atoms with Gasteiger partial charge in [0.1, 0.15) is 5.75 Å². The summed E-state index contributed by atoms with van der Waals surface area (Å²) in [6, 6.07) is 13.1. The molecule has 146 valence electrons. The van der Waals surface area contributed by atoms with Gasteiger partial charge in [0.15, 0.2) is 0 Å². The molecule has 2 amide bonds. The van der Waals surface area contributed by atoms with Crippen LogP contribution in [0.4, 0.5) is 0 Å². The van der Waals surface area contributed by atoms with Gasteiger partial charge in [-0.3, -0.25) is 9.59 Å². The van der Waals surface area contributed by atoms with Crippen molar-refractivity contribution in [1.29, 1.82) is 0 Å². The number of nitrogens with zero attached hydrogens (tertiary/aromatic N) is 1. The van der Waals surface area contributed by atoms with Gasteiger partial charge in [0, 0.05) is 24.7 Å². The van der Waals surface area contributed by atoms with E-state index in [0.717, 1.165) is 0 Å². The van der Waals surface area contributed by atoms with Crippen LogP contribution in [0.15, 0.2) is 48.5 Å². The first-order valence-electron chi connectivity index (χ1n) is 9.06. The molecule has 1 aliphatic rings. The first kappa shape index (κ1) is 19.4. The van der Waals surface area contributed by atoms with E-state index in [0.29, 0.717) is 37.2 Å². The van der Waals surface area contributed by atoms with Crippen LogP contribution in [0, 0.1) is 0 Å². The molecule has 0 aliphatic carbocycles. The summed E-state index contributed by atoms with van der Waals surface area (Å²) in [5.41, 5.74) is 0.711. The monoisotopic (exact) mass is 382 g/mol. The molecule has 0 aromatic heterocycles. The molecule has 1 fully saturated rings. The van der Waals surface area contributed by atoms with Crippen LogP contribution in [0.3, 0.4) is 0 Å². The summed E-state index contributed by atoms with van der Waals surface area (Å²) in [5, 5.41) is 12.3. The van der Waals surface area contributed by atoms with Crippen LogP contribution in [0.1, 0.15) is 43.9 Å². The van der Waals surface area contributed by atoms with Crippen molar-refractivity contribution in [2.75, 3.05) is 20.2 Å². The average molecular weight is 382 g/mol. The van der Waals surface area contributed by atoms with Gasteiger partial charge < -0.3 is 20.1 Å². The number of benzene rings is 2. The third-order valence-electron chi connectivity index (χ3n) is 4.84. The normalized spacial score (nSPS) is 14.4. The number of nitrogens with one attached hydrogen (secondary N) is 1. The SMILES string of the molecule is COc1cccc(C(=O)NC2CCN(C(=O)c3ccccc3C(=O)O)CC2)c1. The number of hydrogen-bond donors (Lipinski definition) is 2. The third-order valence-corrected chi connectivity index (χ3v) is 4.84. The Hall–Kier alpha value is -3.35. The van der Waals surface area contributed by atoms with Gasteiger partial charge >= 0.3 is 5.97 Å². The molecule has 0 spiro atoms. The number of hydrogen-bond acceptors (Lipinski definition) is 4. The fourth-order valence-electron chi connectivity index (χ4n) is 3.29. The van der Waals surface area contributed by atoms with Gasteiger partial charge in [-0.15, -0.1) is 0 Å². The molecule has 1 aliphatic heterocycles. The Morgan fingerprint density at radius 2 is 1.71 bits per heavy atom. The van der Waals surface area contributed by atoms with E-state index in [4.69, 9.17) is 4.74 Å². The highest BCUT2D eigenvalue weighted by Gasteiger charge is 2.27. The lowest BCUT2D eigenvalue weighted by atomic mass is 10.0. The molecule has 7 nitrogen and oxygen atoms in total. The number of aromatic carboxylic acids is 1. The van der Waals surface area contributed by atoms with Gasteiger partial charge in [-0.2, -0.15) is 0 Å². The molecule has 7 heteroatoms. The van der Waals surface area contributed by atoms with E-state index >= 15 is 0 Å². The Bertz CT molecular complexity index is 888. The molecular weight excluding hydrogens is 360 g/mol. The van der Waals surface area contributed by atoms with Gasteiger partial charge in [0.05, 0.1) is 18.2 Å². The lowest BCUT2D eigenvalue weighted by molar-refractivity contribution is 0.0654. The number of carbonyl (C=O) groups excluding carboxylic acids is 2. The highest BCUT2D eigenvalue weighted by Crippen LogP contribution is 2.18. The van der Waals surface area contributed by atoms with Gasteiger partial charge in [0.25, 0.3) is 11.8 Å². The minimum atomic E-state index is -1.12. The van der Waals surface area contributed by atoms with Crippen molar-refractivity contribution in [2.45, 2.75) is 18.9 Å². The summed E-state index contributed by atoms with van der Waals surface area (Å²) in [4.78, 5) is 38.1. The van der Waals surface area contributed by atoms with Crippen LogP contribution in [0.5, 0.6) is 5.75 Å². The lowest BCUT2D eigenvalue weighted by Gasteiger charge is -2.32. The molecule has 28 heavy (non-hydrogen) atoms. The molecule has 0 unspecified atom stereocenters. The number of carboxylic acid groups (broad SMARTS) is 1. The van der Waals surface area contributed by atoms with Crippen molar-refractivity contribution < 1.29 is 24.2 Å². The number of piperidine rings is 1. The zero-order valence-corrected chi connectivity index (χ0v) is 15.6. The topological polar surface area (TPSA) is 95.9 Å². The van der Waals surface area contributed by atoms with Crippen LogP contribution in [-0.4, -0.2) is 54.0 Å². The van der Waals surface area contributed by atoms with Crippen LogP contribution in [0.25, 0.3) is 0 Å². The minimum Gasteiger partial charge on any atom is -0.497 e. The molecule has 0 radical (unpaired) electrons. The number of ether oxygens (including phenoxy) is 1. The fraction of sp³-hybridized carbons (Fsp3) is 0.286. The number of amides is 2. The molecule has 3 rings (SSSR count). The van der Waals surface area contributed by atoms with E-state index in [1.54, 1.807) is 48.4 Å². The third kappa shape index (κ3) is 4.31. The van der Waals surface area contributed by atoms with E-state index in [1.807, 2.05) is 0 Å². The molecule has 2 aromatic rings. The van der Waals surface area contributed by atoms with E-state index < -0.39 is 5.97 Å². The molecule has 2 aromatic carbocycles. The maximum atomic E-state index is 12.7. The summed E-state index contributed by atoms with van der Waals surface area (Å²) in [7, 11) is 1.55. The van der Waals surface area contributed by atoms with Crippen LogP contribution in [0.2, 0.25) is 0 Å². The minimum absolute atomic E-state index is 0.000881. The van der Waals surface area contributed by atoms with Gasteiger partial charge in [-0.1, -0.05) is 18.2 Å². The first-order chi connectivity index (χ1) is 13.5. The predicted octanol–water partition coefficient (Wildman–Crippen LogP) is 2.43. The van der Waals surface area contributed by atoms with Crippen molar-refractivity contribution in [3.63, 3.8) is 0 Å². The van der Waals surface area contributed by atoms with Crippen molar-refractivity contribution in [2.24, 2.45) is 0 Å². The molecule has 1 saturated heterocycles. The Balaban J connectivity index is 1.59. The van der Waals surface area contributed by atoms with Gasteiger partial charge in [-0.05, 0) is 43.2 Å². The lowest BCUT2D eigenvalue weighted by Crippen LogP contribution is -2.46. The smallest absolute Gasteiger partial charge is 0.336 e. The number of rotatable bonds is 5. The Morgan fingerprint density at radius 1 is 1.04 bits per heavy atom. The van der Waals surface area contributed by atoms with Gasteiger partial charge in [0.2, 0.25) is 0 Å². The first-order valence-corrected chi connectivity index (χ1v) is 9.06. The molecule has 0 atom stereocenters. The zero-order chi connectivity index (χ0) is 20.1. The Kier molecular flexibility index (Phi) is 5.93. The van der Waals surface area contributed by atoms with E-state index in [1.165, 1.54) is 12.1 Å². The van der Waals surface area contributed by atoms with E-state index in [-0.39, 0.29) is 29.0 Å². The second-order valence-corrected chi connectivity index (χ2v) is 6.62. The molecular formula is C21H22N2O5. The summed E-state index contributed by atoms with van der Waals surface area (Å²) in [6.07, 6.45) is 1.22. The van der Waals surface area contributed by atoms with Crippen molar-refractivity contribution in [3.8, 4) is 5.75 Å². The largest absolute Gasteiger partial charge is 0.497 e. The predicted molar refractivity (Wildman–Crippen MR) is 103 cm³/mol. The van der Waals surface area contributed by atoms with Crippen LogP contribution >= 0.6 is 0 Å². The summed E-state index contributed by atoms with van der Waals surface area (Å²) < 4.78 is 5.14. The molecule has 1 heterocycles. The highest BCUT2D eigenvalue weighted by atomic mass is 16.5. The summed E-state index contributed by atoms with van der Waals surface area (Å²) in [6.45, 7) is 0.908. The molecule has 0 bridgehead atoms. The number of methoxy groups -OCH3 is 1. The zero-order valence-electron chi connectivity index (χ0n) is 15.6. The van der Waals surface area contributed by atoms with Crippen molar-refractivity contribution in [1.82, 2.24) is 10.2 Å². The maximum absolute atomic E-state index is 12.7.